The molecule has 0 aliphatic carbocycles. The van der Waals surface area contributed by atoms with Crippen LogP contribution in [0, 0.1) is 19.7 Å². The van der Waals surface area contributed by atoms with E-state index in [9.17, 15) is 4.39 Å². The number of benzene rings is 1. The summed E-state index contributed by atoms with van der Waals surface area (Å²) in [5.41, 5.74) is 4.55. The highest BCUT2D eigenvalue weighted by molar-refractivity contribution is 5.78. The van der Waals surface area contributed by atoms with Gasteiger partial charge in [0.25, 0.3) is 0 Å². The van der Waals surface area contributed by atoms with Crippen molar-refractivity contribution >= 4 is 16.7 Å². The third kappa shape index (κ3) is 2.72. The Kier molecular flexibility index (Phi) is 3.33. The van der Waals surface area contributed by atoms with E-state index < -0.39 is 0 Å². The van der Waals surface area contributed by atoms with Gasteiger partial charge in [-0.2, -0.15) is 5.10 Å². The largest absolute Gasteiger partial charge is 0.381 e. The Labute approximate surface area is 122 Å². The van der Waals surface area contributed by atoms with Crippen LogP contribution in [-0.4, -0.2) is 14.8 Å². The lowest BCUT2D eigenvalue weighted by Crippen LogP contribution is -2.01. The van der Waals surface area contributed by atoms with Gasteiger partial charge in [-0.25, -0.2) is 9.37 Å². The van der Waals surface area contributed by atoms with Crippen molar-refractivity contribution in [3.8, 4) is 0 Å². The molecule has 0 fully saturated rings. The van der Waals surface area contributed by atoms with E-state index in [1.165, 1.54) is 12.1 Å². The van der Waals surface area contributed by atoms with Gasteiger partial charge in [0.15, 0.2) is 5.65 Å². The SMILES string of the molecule is Cc1cc(F)cc(NCc2cnc3c(c2)c(C)nn3C)c1. The molecule has 0 aliphatic heterocycles. The molecule has 0 saturated heterocycles. The molecule has 2 heterocycles. The number of aryl methyl sites for hydroxylation is 3. The van der Waals surface area contributed by atoms with Gasteiger partial charge in [0.05, 0.1) is 5.69 Å². The Morgan fingerprint density at radius 3 is 2.76 bits per heavy atom. The van der Waals surface area contributed by atoms with E-state index in [0.717, 1.165) is 33.5 Å². The first-order valence-corrected chi connectivity index (χ1v) is 6.82. The lowest BCUT2D eigenvalue weighted by molar-refractivity contribution is 0.627. The zero-order chi connectivity index (χ0) is 15.0. The molecule has 1 aromatic carbocycles. The highest BCUT2D eigenvalue weighted by atomic mass is 19.1. The third-order valence-electron chi connectivity index (χ3n) is 3.46. The fourth-order valence-corrected chi connectivity index (χ4v) is 2.49. The van der Waals surface area contributed by atoms with Crippen LogP contribution in [0.3, 0.4) is 0 Å². The van der Waals surface area contributed by atoms with Crippen molar-refractivity contribution in [3.63, 3.8) is 0 Å². The predicted octanol–water partition coefficient (Wildman–Crippen LogP) is 3.34. The molecule has 0 unspecified atom stereocenters. The average molecular weight is 284 g/mol. The van der Waals surface area contributed by atoms with Crippen LogP contribution < -0.4 is 5.32 Å². The van der Waals surface area contributed by atoms with Crippen molar-refractivity contribution in [2.45, 2.75) is 20.4 Å². The smallest absolute Gasteiger partial charge is 0.157 e. The van der Waals surface area contributed by atoms with Crippen molar-refractivity contribution in [1.29, 1.82) is 0 Å². The number of nitrogens with one attached hydrogen (secondary N) is 1. The molecule has 21 heavy (non-hydrogen) atoms. The molecule has 0 aliphatic rings. The zero-order valence-corrected chi connectivity index (χ0v) is 12.3. The maximum absolute atomic E-state index is 13.4. The van der Waals surface area contributed by atoms with Crippen LogP contribution in [0.25, 0.3) is 11.0 Å². The number of anilines is 1. The van der Waals surface area contributed by atoms with Gasteiger partial charge < -0.3 is 5.32 Å². The molecule has 1 N–H and O–H groups in total. The van der Waals surface area contributed by atoms with Crippen LogP contribution in [0.5, 0.6) is 0 Å². The summed E-state index contributed by atoms with van der Waals surface area (Å²) in [6, 6.07) is 7.00. The fraction of sp³-hybridized carbons (Fsp3) is 0.250. The Hall–Kier alpha value is -2.43. The van der Waals surface area contributed by atoms with E-state index >= 15 is 0 Å². The van der Waals surface area contributed by atoms with Crippen LogP contribution in [-0.2, 0) is 13.6 Å². The standard InChI is InChI=1S/C16H17FN4/c1-10-4-13(17)7-14(5-10)18-8-12-6-15-11(2)20-21(3)16(15)19-9-12/h4-7,9,18H,8H2,1-3H3. The van der Waals surface area contributed by atoms with Gasteiger partial charge in [-0.15, -0.1) is 0 Å². The number of halogens is 1. The van der Waals surface area contributed by atoms with Crippen molar-refractivity contribution < 1.29 is 4.39 Å². The number of pyridine rings is 1. The number of hydrogen-bond acceptors (Lipinski definition) is 3. The van der Waals surface area contributed by atoms with Gasteiger partial charge in [-0.3, -0.25) is 4.68 Å². The van der Waals surface area contributed by atoms with E-state index in [4.69, 9.17) is 0 Å². The van der Waals surface area contributed by atoms with E-state index in [1.54, 1.807) is 4.68 Å². The first-order valence-electron chi connectivity index (χ1n) is 6.82. The normalized spacial score (nSPS) is 11.0. The van der Waals surface area contributed by atoms with E-state index in [0.29, 0.717) is 6.54 Å². The predicted molar refractivity (Wildman–Crippen MR) is 81.7 cm³/mol. The maximum Gasteiger partial charge on any atom is 0.157 e. The number of fused-ring (bicyclic) bond motifs is 1. The van der Waals surface area contributed by atoms with Gasteiger partial charge in [0.1, 0.15) is 5.82 Å². The molecule has 3 rings (SSSR count). The quantitative estimate of drug-likeness (QED) is 0.802. The summed E-state index contributed by atoms with van der Waals surface area (Å²) in [7, 11) is 1.88. The summed E-state index contributed by atoms with van der Waals surface area (Å²) in [5, 5.41) is 8.63. The highest BCUT2D eigenvalue weighted by Crippen LogP contribution is 2.18. The molecular formula is C16H17FN4. The Morgan fingerprint density at radius 1 is 1.19 bits per heavy atom. The molecule has 0 spiro atoms. The molecule has 0 atom stereocenters. The molecule has 2 aromatic heterocycles. The van der Waals surface area contributed by atoms with Crippen molar-refractivity contribution in [2.24, 2.45) is 7.05 Å². The Balaban J connectivity index is 1.83. The average Bonchev–Trinajstić information content (AvgIpc) is 2.70. The zero-order valence-electron chi connectivity index (χ0n) is 12.3. The Bertz CT molecular complexity index is 787. The number of rotatable bonds is 3. The van der Waals surface area contributed by atoms with Gasteiger partial charge in [0, 0.05) is 30.9 Å². The summed E-state index contributed by atoms with van der Waals surface area (Å²) in [6.45, 7) is 4.44. The number of hydrogen-bond donors (Lipinski definition) is 1. The van der Waals surface area contributed by atoms with Gasteiger partial charge in [0.2, 0.25) is 0 Å². The van der Waals surface area contributed by atoms with Gasteiger partial charge in [-0.05, 0) is 49.2 Å². The molecular weight excluding hydrogens is 267 g/mol. The summed E-state index contributed by atoms with van der Waals surface area (Å²) in [5.74, 6) is -0.228. The molecule has 108 valence electrons. The number of aromatic nitrogens is 3. The van der Waals surface area contributed by atoms with Crippen LogP contribution in [0.1, 0.15) is 16.8 Å². The van der Waals surface area contributed by atoms with Gasteiger partial charge >= 0.3 is 0 Å². The molecule has 5 heteroatoms. The lowest BCUT2D eigenvalue weighted by atomic mass is 10.2. The van der Waals surface area contributed by atoms with E-state index in [-0.39, 0.29) is 5.82 Å². The van der Waals surface area contributed by atoms with Crippen molar-refractivity contribution in [1.82, 2.24) is 14.8 Å². The maximum atomic E-state index is 13.4. The minimum atomic E-state index is -0.228. The van der Waals surface area contributed by atoms with E-state index in [2.05, 4.69) is 21.5 Å². The Morgan fingerprint density at radius 2 is 2.00 bits per heavy atom. The first-order chi connectivity index (χ1) is 10.0. The topological polar surface area (TPSA) is 42.7 Å². The summed E-state index contributed by atoms with van der Waals surface area (Å²) in [4.78, 5) is 4.44. The summed E-state index contributed by atoms with van der Waals surface area (Å²) < 4.78 is 15.1. The highest BCUT2D eigenvalue weighted by Gasteiger charge is 2.07. The molecule has 0 bridgehead atoms. The second kappa shape index (κ2) is 5.16. The summed E-state index contributed by atoms with van der Waals surface area (Å²) >= 11 is 0. The monoisotopic (exact) mass is 284 g/mol. The lowest BCUT2D eigenvalue weighted by Gasteiger charge is -2.08. The second-order valence-electron chi connectivity index (χ2n) is 5.29. The minimum absolute atomic E-state index is 0.228. The van der Waals surface area contributed by atoms with Gasteiger partial charge in [-0.1, -0.05) is 0 Å². The molecule has 4 nitrogen and oxygen atoms in total. The molecule has 0 saturated carbocycles. The summed E-state index contributed by atoms with van der Waals surface area (Å²) in [6.07, 6.45) is 1.82. The van der Waals surface area contributed by atoms with Crippen LogP contribution in [0.15, 0.2) is 30.5 Å². The second-order valence-corrected chi connectivity index (χ2v) is 5.29. The van der Waals surface area contributed by atoms with E-state index in [1.807, 2.05) is 33.2 Å². The molecule has 0 radical (unpaired) electrons. The molecule has 0 amide bonds. The van der Waals surface area contributed by atoms with Crippen LogP contribution in [0.2, 0.25) is 0 Å². The first kappa shape index (κ1) is 13.5. The fourth-order valence-electron chi connectivity index (χ4n) is 2.49. The van der Waals surface area contributed by atoms with Crippen molar-refractivity contribution in [2.75, 3.05) is 5.32 Å². The number of nitrogens with zero attached hydrogens (tertiary/aromatic N) is 3. The van der Waals surface area contributed by atoms with Crippen LogP contribution >= 0.6 is 0 Å². The third-order valence-corrected chi connectivity index (χ3v) is 3.46. The van der Waals surface area contributed by atoms with Crippen LogP contribution in [0.4, 0.5) is 10.1 Å². The van der Waals surface area contributed by atoms with Crippen molar-refractivity contribution in [3.05, 3.63) is 53.1 Å². The molecule has 3 aromatic rings. The minimum Gasteiger partial charge on any atom is -0.381 e.